The molecule has 210 valence electrons. The second-order valence-electron chi connectivity index (χ2n) is 9.01. The van der Waals surface area contributed by atoms with E-state index in [4.69, 9.17) is 25.9 Å². The van der Waals surface area contributed by atoms with Crippen LogP contribution in [-0.2, 0) is 11.4 Å². The van der Waals surface area contributed by atoms with Gasteiger partial charge < -0.3 is 25.4 Å². The Bertz CT molecular complexity index is 1460. The highest BCUT2D eigenvalue weighted by Crippen LogP contribution is 2.36. The molecule has 5 rings (SSSR count). The summed E-state index contributed by atoms with van der Waals surface area (Å²) in [6.07, 6.45) is 0.375. The van der Waals surface area contributed by atoms with Gasteiger partial charge in [0.25, 0.3) is 11.8 Å². The van der Waals surface area contributed by atoms with Crippen molar-refractivity contribution in [1.29, 1.82) is 0 Å². The number of ether oxygens (including phenoxy) is 2. The van der Waals surface area contributed by atoms with Crippen LogP contribution in [0.3, 0.4) is 0 Å². The number of hydrogen-bond acceptors (Lipinski definition) is 9. The highest BCUT2D eigenvalue weighted by Gasteiger charge is 2.32. The van der Waals surface area contributed by atoms with Crippen molar-refractivity contribution in [2.45, 2.75) is 25.2 Å². The molecule has 2 amide bonds. The van der Waals surface area contributed by atoms with Gasteiger partial charge in [-0.05, 0) is 30.7 Å². The maximum atomic E-state index is 15.0. The number of halogens is 3. The van der Waals surface area contributed by atoms with Gasteiger partial charge in [-0.2, -0.15) is 4.98 Å². The normalized spacial score (nSPS) is 18.3. The number of methoxy groups -OCH3 is 1. The fraction of sp³-hybridized carbons (Fsp3) is 0.308. The van der Waals surface area contributed by atoms with Crippen LogP contribution in [0.1, 0.15) is 32.7 Å². The zero-order valence-electron chi connectivity index (χ0n) is 21.5. The summed E-state index contributed by atoms with van der Waals surface area (Å²) >= 11 is 6.26. The van der Waals surface area contributed by atoms with Crippen LogP contribution in [0.25, 0.3) is 0 Å². The van der Waals surface area contributed by atoms with Gasteiger partial charge in [0.05, 0.1) is 49.8 Å². The summed E-state index contributed by atoms with van der Waals surface area (Å²) in [7, 11) is 2.74. The van der Waals surface area contributed by atoms with Crippen molar-refractivity contribution in [2.24, 2.45) is 0 Å². The smallest absolute Gasteiger partial charge is 0.281 e. The van der Waals surface area contributed by atoms with Crippen molar-refractivity contribution in [3.8, 4) is 17.4 Å². The Morgan fingerprint density at radius 3 is 2.83 bits per heavy atom. The lowest BCUT2D eigenvalue weighted by Gasteiger charge is -2.27. The lowest BCUT2D eigenvalue weighted by molar-refractivity contribution is -0.0957. The Kier molecular flexibility index (Phi) is 7.96. The van der Waals surface area contributed by atoms with Crippen LogP contribution in [-0.4, -0.2) is 66.4 Å². The third-order valence-corrected chi connectivity index (χ3v) is 6.77. The number of amides is 2. The molecule has 3 heterocycles. The van der Waals surface area contributed by atoms with Crippen molar-refractivity contribution >= 4 is 35.1 Å². The average Bonchev–Trinajstić information content (AvgIpc) is 3.28. The van der Waals surface area contributed by atoms with E-state index in [2.05, 4.69) is 25.9 Å². The number of hydroxylamine groups is 2. The van der Waals surface area contributed by atoms with E-state index in [9.17, 15) is 14.0 Å². The molecule has 1 fully saturated rings. The molecular weight excluding hydrogens is 550 g/mol. The zero-order chi connectivity index (χ0) is 28.4. The minimum absolute atomic E-state index is 0.0262. The van der Waals surface area contributed by atoms with Crippen LogP contribution >= 0.6 is 11.6 Å². The summed E-state index contributed by atoms with van der Waals surface area (Å²) in [6.45, 7) is 0.917. The molecule has 3 aromatic rings. The summed E-state index contributed by atoms with van der Waals surface area (Å²) in [6, 6.07) is 6.62. The second kappa shape index (κ2) is 11.6. The number of carbonyl (C=O) groups excluding carboxylic acids is 2. The molecule has 0 bridgehead atoms. The maximum Gasteiger partial charge on any atom is 0.281 e. The van der Waals surface area contributed by atoms with E-state index < -0.39 is 23.9 Å². The molecule has 40 heavy (non-hydrogen) atoms. The molecule has 0 aliphatic carbocycles. The van der Waals surface area contributed by atoms with Gasteiger partial charge >= 0.3 is 0 Å². The lowest BCUT2D eigenvalue weighted by atomic mass is 10.0. The van der Waals surface area contributed by atoms with E-state index in [1.165, 1.54) is 31.5 Å². The lowest BCUT2D eigenvalue weighted by Crippen LogP contribution is -2.51. The largest absolute Gasteiger partial charge is 0.495 e. The van der Waals surface area contributed by atoms with Gasteiger partial charge in [0.15, 0.2) is 0 Å². The number of rotatable bonds is 8. The molecule has 2 aromatic carbocycles. The van der Waals surface area contributed by atoms with Gasteiger partial charge in [-0.3, -0.25) is 14.4 Å². The molecule has 0 unspecified atom stereocenters. The molecule has 2 aliphatic rings. The Morgan fingerprint density at radius 2 is 2.08 bits per heavy atom. The quantitative estimate of drug-likeness (QED) is 0.368. The molecule has 1 aromatic heterocycles. The van der Waals surface area contributed by atoms with E-state index in [0.29, 0.717) is 24.1 Å². The number of benzene rings is 2. The Hall–Kier alpha value is -4.07. The molecule has 0 radical (unpaired) electrons. The van der Waals surface area contributed by atoms with E-state index in [0.717, 1.165) is 6.07 Å². The van der Waals surface area contributed by atoms with E-state index in [1.54, 1.807) is 18.2 Å². The van der Waals surface area contributed by atoms with Gasteiger partial charge in [-0.25, -0.2) is 18.8 Å². The molecule has 3 N–H and O–H groups in total. The first-order chi connectivity index (χ1) is 19.3. The fourth-order valence-corrected chi connectivity index (χ4v) is 4.60. The number of aromatic nitrogens is 2. The molecule has 2 aliphatic heterocycles. The highest BCUT2D eigenvalue weighted by atomic mass is 35.5. The summed E-state index contributed by atoms with van der Waals surface area (Å²) in [4.78, 5) is 38.9. The van der Waals surface area contributed by atoms with Crippen LogP contribution < -0.4 is 25.4 Å². The Balaban J connectivity index is 1.37. The number of fused-ring (bicyclic) bond motifs is 1. The topological polar surface area (TPSA) is 127 Å². The molecule has 0 saturated carbocycles. The van der Waals surface area contributed by atoms with Crippen molar-refractivity contribution in [3.05, 3.63) is 64.1 Å². The molecule has 1 saturated heterocycles. The van der Waals surface area contributed by atoms with Crippen LogP contribution in [0.2, 0.25) is 5.02 Å². The van der Waals surface area contributed by atoms with Crippen LogP contribution in [0.5, 0.6) is 17.4 Å². The maximum absolute atomic E-state index is 15.0. The standard InChI is InChI=1S/C26H25ClF2N6O5/c1-38-21-8-14(23(36)32-18-6-7-30-11-17(18)29)16(28)9-19(21)33-26-31-10-15(27)24(34-26)40-20-5-3-4-13-12-35(39-2)25(37)22(13)20/h3-5,8-10,17-18,30H,6-7,11-12H2,1-2H3,(H,32,36)(H,31,33,34)/t17-,18+/m1/s1. The highest BCUT2D eigenvalue weighted by molar-refractivity contribution is 6.31. The molecule has 0 spiro atoms. The second-order valence-corrected chi connectivity index (χ2v) is 9.42. The predicted molar refractivity (Wildman–Crippen MR) is 140 cm³/mol. The Labute approximate surface area is 232 Å². The first-order valence-electron chi connectivity index (χ1n) is 12.3. The van der Waals surface area contributed by atoms with Gasteiger partial charge in [0.2, 0.25) is 11.8 Å². The minimum Gasteiger partial charge on any atom is -0.495 e. The molecule has 11 nitrogen and oxygen atoms in total. The summed E-state index contributed by atoms with van der Waals surface area (Å²) in [5.74, 6) is -1.75. The van der Waals surface area contributed by atoms with Gasteiger partial charge in [-0.1, -0.05) is 23.7 Å². The molecule has 14 heteroatoms. The number of alkyl halides is 1. The first-order valence-corrected chi connectivity index (χ1v) is 12.6. The van der Waals surface area contributed by atoms with Gasteiger partial charge in [-0.15, -0.1) is 0 Å². The van der Waals surface area contributed by atoms with Crippen molar-refractivity contribution in [2.75, 3.05) is 32.6 Å². The summed E-state index contributed by atoms with van der Waals surface area (Å²) in [5.41, 5.74) is 0.831. The van der Waals surface area contributed by atoms with Crippen molar-refractivity contribution in [3.63, 3.8) is 0 Å². The predicted octanol–water partition coefficient (Wildman–Crippen LogP) is 3.76. The first kappa shape index (κ1) is 27.5. The molecule has 2 atom stereocenters. The number of carbonyl (C=O) groups is 2. The number of hydrogen-bond donors (Lipinski definition) is 3. The van der Waals surface area contributed by atoms with Crippen molar-refractivity contribution < 1.29 is 32.7 Å². The third-order valence-electron chi connectivity index (χ3n) is 6.51. The minimum atomic E-state index is -1.28. The van der Waals surface area contributed by atoms with Gasteiger partial charge in [0, 0.05) is 12.6 Å². The number of nitrogens with zero attached hydrogens (tertiary/aromatic N) is 3. The third kappa shape index (κ3) is 5.48. The Morgan fingerprint density at radius 1 is 1.25 bits per heavy atom. The number of piperidine rings is 1. The van der Waals surface area contributed by atoms with E-state index >= 15 is 4.39 Å². The fourth-order valence-electron chi connectivity index (χ4n) is 4.47. The van der Waals surface area contributed by atoms with Gasteiger partial charge in [0.1, 0.15) is 28.5 Å². The summed E-state index contributed by atoms with van der Waals surface area (Å²) < 4.78 is 40.4. The average molecular weight is 575 g/mol. The SMILES string of the molecule is COc1cc(C(=O)N[C@H]2CCNC[C@H]2F)c(F)cc1Nc1ncc(Cl)c(Oc2cccc3c2C(=O)N(OC)C3)n1. The summed E-state index contributed by atoms with van der Waals surface area (Å²) in [5, 5.41) is 9.53. The van der Waals surface area contributed by atoms with E-state index in [1.807, 2.05) is 0 Å². The van der Waals surface area contributed by atoms with Crippen molar-refractivity contribution in [1.82, 2.24) is 25.7 Å². The number of nitrogens with one attached hydrogen (secondary N) is 3. The van der Waals surface area contributed by atoms with Crippen LogP contribution in [0.4, 0.5) is 20.4 Å². The zero-order valence-corrected chi connectivity index (χ0v) is 22.2. The van der Waals surface area contributed by atoms with Crippen LogP contribution in [0.15, 0.2) is 36.5 Å². The van der Waals surface area contributed by atoms with Crippen LogP contribution in [0, 0.1) is 5.82 Å². The van der Waals surface area contributed by atoms with E-state index in [-0.39, 0.29) is 58.6 Å². The molecular formula is C26H25ClF2N6O5. The monoisotopic (exact) mass is 574 g/mol. The number of anilines is 2.